The average molecular weight is 569 g/mol. The molecule has 0 radical (unpaired) electrons. The van der Waals surface area contributed by atoms with Crippen molar-refractivity contribution in [3.8, 4) is 0 Å². The molecule has 1 N–H and O–H groups in total. The van der Waals surface area contributed by atoms with Gasteiger partial charge in [-0.2, -0.15) is 12.7 Å². The molecule has 8 nitrogen and oxygen atoms in total. The highest BCUT2D eigenvalue weighted by Gasteiger charge is 2.35. The van der Waals surface area contributed by atoms with Gasteiger partial charge >= 0.3 is 10.2 Å². The Morgan fingerprint density at radius 2 is 1.45 bits per heavy atom. The number of nitrogens with zero attached hydrogens (tertiary/aromatic N) is 3. The fourth-order valence-corrected chi connectivity index (χ4v) is 5.15. The van der Waals surface area contributed by atoms with Gasteiger partial charge in [0.25, 0.3) is 0 Å². The van der Waals surface area contributed by atoms with Gasteiger partial charge in [0, 0.05) is 39.2 Å². The smallest absolute Gasteiger partial charge is 0.304 e. The highest BCUT2D eigenvalue weighted by molar-refractivity contribution is 7.90. The maximum atomic E-state index is 14.8. The molecular weight excluding hydrogens is 531 g/mol. The van der Waals surface area contributed by atoms with Crippen LogP contribution in [0, 0.1) is 11.7 Å². The van der Waals surface area contributed by atoms with Gasteiger partial charge in [-0.25, -0.2) is 8.70 Å². The van der Waals surface area contributed by atoms with Crippen LogP contribution >= 0.6 is 0 Å². The summed E-state index contributed by atoms with van der Waals surface area (Å²) in [7, 11) is -1.32. The molecule has 0 aromatic heterocycles. The third-order valence-corrected chi connectivity index (χ3v) is 8.14. The van der Waals surface area contributed by atoms with Crippen LogP contribution in [0.2, 0.25) is 0 Å². The van der Waals surface area contributed by atoms with Crippen molar-refractivity contribution >= 4 is 27.7 Å². The van der Waals surface area contributed by atoms with Crippen LogP contribution in [0.15, 0.2) is 84.9 Å². The molecule has 3 aromatic carbocycles. The van der Waals surface area contributed by atoms with E-state index < -0.39 is 40.4 Å². The van der Waals surface area contributed by atoms with Gasteiger partial charge < -0.3 is 10.2 Å². The molecule has 0 fully saturated rings. The third-order valence-electron chi connectivity index (χ3n) is 6.32. The zero-order chi connectivity index (χ0) is 29.3. The Kier molecular flexibility index (Phi) is 10.8. The molecule has 2 amide bonds. The van der Waals surface area contributed by atoms with Crippen molar-refractivity contribution < 1.29 is 22.4 Å². The van der Waals surface area contributed by atoms with Crippen LogP contribution in [0.25, 0.3) is 0 Å². The number of anilines is 1. The minimum Gasteiger partial charge on any atom is -0.354 e. The zero-order valence-electron chi connectivity index (χ0n) is 23.3. The van der Waals surface area contributed by atoms with E-state index in [1.165, 1.54) is 25.1 Å². The molecule has 0 aliphatic carbocycles. The molecule has 3 rings (SSSR count). The molecule has 0 saturated carbocycles. The van der Waals surface area contributed by atoms with Crippen molar-refractivity contribution in [2.45, 2.75) is 32.9 Å². The highest BCUT2D eigenvalue weighted by Crippen LogP contribution is 2.22. The summed E-state index contributed by atoms with van der Waals surface area (Å²) in [6.45, 7) is 3.50. The Morgan fingerprint density at radius 3 is 2.02 bits per heavy atom. The summed E-state index contributed by atoms with van der Waals surface area (Å²) < 4.78 is 43.5. The quantitative estimate of drug-likeness (QED) is 0.339. The van der Waals surface area contributed by atoms with Crippen LogP contribution in [-0.2, 0) is 32.8 Å². The van der Waals surface area contributed by atoms with Gasteiger partial charge in [0.05, 0.1) is 5.69 Å². The first-order valence-electron chi connectivity index (χ1n) is 13.1. The topological polar surface area (TPSA) is 90.0 Å². The van der Waals surface area contributed by atoms with Crippen molar-refractivity contribution in [2.24, 2.45) is 5.92 Å². The first-order chi connectivity index (χ1) is 19.0. The number of para-hydroxylation sites is 1. The SMILES string of the molecule is CC(C)CNC(=O)C(Cc1ccccc1)N(Cc1ccccc1F)C(=O)CN(c1ccccc1)S(=O)(=O)N(C)C. The molecule has 1 unspecified atom stereocenters. The van der Waals surface area contributed by atoms with E-state index in [0.29, 0.717) is 12.2 Å². The molecule has 40 heavy (non-hydrogen) atoms. The number of hydrogen-bond donors (Lipinski definition) is 1. The molecule has 0 heterocycles. The summed E-state index contributed by atoms with van der Waals surface area (Å²) in [6.07, 6.45) is 0.163. The predicted molar refractivity (Wildman–Crippen MR) is 155 cm³/mol. The molecule has 1 atom stereocenters. The van der Waals surface area contributed by atoms with Crippen LogP contribution in [0.3, 0.4) is 0 Å². The standard InChI is InChI=1S/C30H37FN4O4S/c1-23(2)20-32-30(37)28(19-24-13-7-5-8-14-24)34(21-25-15-11-12-18-27(25)31)29(36)22-35(40(38,39)33(3)4)26-16-9-6-10-17-26/h5-18,23,28H,19-22H2,1-4H3,(H,32,37). The summed E-state index contributed by atoms with van der Waals surface area (Å²) in [5.41, 5.74) is 1.31. The summed E-state index contributed by atoms with van der Waals surface area (Å²) in [5, 5.41) is 2.91. The second-order valence-corrected chi connectivity index (χ2v) is 12.2. The Labute approximate surface area is 236 Å². The molecular formula is C30H37FN4O4S. The van der Waals surface area contributed by atoms with E-state index >= 15 is 0 Å². The molecule has 10 heteroatoms. The van der Waals surface area contributed by atoms with Crippen molar-refractivity contribution in [2.75, 3.05) is 31.5 Å². The van der Waals surface area contributed by atoms with Crippen LogP contribution in [-0.4, -0.2) is 62.7 Å². The average Bonchev–Trinajstić information content (AvgIpc) is 2.93. The maximum absolute atomic E-state index is 14.8. The molecule has 0 bridgehead atoms. The largest absolute Gasteiger partial charge is 0.354 e. The Hall–Kier alpha value is -3.76. The van der Waals surface area contributed by atoms with E-state index in [0.717, 1.165) is 14.2 Å². The summed E-state index contributed by atoms with van der Waals surface area (Å²) in [4.78, 5) is 29.0. The highest BCUT2D eigenvalue weighted by atomic mass is 32.2. The molecule has 0 spiro atoms. The lowest BCUT2D eigenvalue weighted by Gasteiger charge is -2.34. The van der Waals surface area contributed by atoms with Crippen LogP contribution in [0.4, 0.5) is 10.1 Å². The zero-order valence-corrected chi connectivity index (χ0v) is 24.1. The number of rotatable bonds is 13. The molecule has 0 saturated heterocycles. The molecule has 0 aliphatic heterocycles. The van der Waals surface area contributed by atoms with Crippen molar-refractivity contribution in [1.29, 1.82) is 0 Å². The summed E-state index contributed by atoms with van der Waals surface area (Å²) in [6, 6.07) is 22.5. The summed E-state index contributed by atoms with van der Waals surface area (Å²) >= 11 is 0. The normalized spacial score (nSPS) is 12.3. The number of nitrogens with one attached hydrogen (secondary N) is 1. The minimum absolute atomic E-state index is 0.163. The number of benzene rings is 3. The Balaban J connectivity index is 2.08. The lowest BCUT2D eigenvalue weighted by molar-refractivity contribution is -0.140. The minimum atomic E-state index is -4.08. The fraction of sp³-hybridized carbons (Fsp3) is 0.333. The maximum Gasteiger partial charge on any atom is 0.304 e. The number of amides is 2. The second-order valence-electron chi connectivity index (χ2n) is 10.1. The van der Waals surface area contributed by atoms with E-state index in [1.807, 2.05) is 44.2 Å². The van der Waals surface area contributed by atoms with Crippen LogP contribution < -0.4 is 9.62 Å². The first kappa shape index (κ1) is 30.8. The van der Waals surface area contributed by atoms with Crippen LogP contribution in [0.5, 0.6) is 0 Å². The second kappa shape index (κ2) is 14.0. The summed E-state index contributed by atoms with van der Waals surface area (Å²) in [5.74, 6) is -1.40. The Bertz CT molecular complexity index is 1370. The van der Waals surface area contributed by atoms with Crippen molar-refractivity contribution in [3.05, 3.63) is 102 Å². The number of halogens is 1. The van der Waals surface area contributed by atoms with Gasteiger partial charge in [-0.15, -0.1) is 0 Å². The van der Waals surface area contributed by atoms with Gasteiger partial charge in [0.1, 0.15) is 18.4 Å². The molecule has 214 valence electrons. The van der Waals surface area contributed by atoms with Crippen LogP contribution in [0.1, 0.15) is 25.0 Å². The van der Waals surface area contributed by atoms with Gasteiger partial charge in [-0.05, 0) is 29.7 Å². The fourth-order valence-electron chi connectivity index (χ4n) is 4.10. The predicted octanol–water partition coefficient (Wildman–Crippen LogP) is 3.85. The lowest BCUT2D eigenvalue weighted by Crippen LogP contribution is -2.54. The van der Waals surface area contributed by atoms with Crippen molar-refractivity contribution in [3.63, 3.8) is 0 Å². The number of carbonyl (C=O) groups excluding carboxylic acids is 2. The van der Waals surface area contributed by atoms with Gasteiger partial charge in [0.15, 0.2) is 0 Å². The van der Waals surface area contributed by atoms with E-state index in [2.05, 4.69) is 5.32 Å². The van der Waals surface area contributed by atoms with E-state index in [4.69, 9.17) is 0 Å². The van der Waals surface area contributed by atoms with E-state index in [9.17, 15) is 22.4 Å². The third kappa shape index (κ3) is 8.12. The lowest BCUT2D eigenvalue weighted by atomic mass is 10.0. The van der Waals surface area contributed by atoms with E-state index in [-0.39, 0.29) is 24.4 Å². The van der Waals surface area contributed by atoms with Gasteiger partial charge in [-0.1, -0.05) is 80.6 Å². The van der Waals surface area contributed by atoms with E-state index in [1.54, 1.807) is 48.5 Å². The van der Waals surface area contributed by atoms with Gasteiger partial charge in [-0.3, -0.25) is 9.59 Å². The molecule has 3 aromatic rings. The number of hydrogen-bond acceptors (Lipinski definition) is 4. The molecule has 0 aliphatic rings. The number of carbonyl (C=O) groups is 2. The van der Waals surface area contributed by atoms with Gasteiger partial charge in [0.2, 0.25) is 11.8 Å². The monoisotopic (exact) mass is 568 g/mol. The first-order valence-corrected chi connectivity index (χ1v) is 14.5. The van der Waals surface area contributed by atoms with Crippen molar-refractivity contribution in [1.82, 2.24) is 14.5 Å². The Morgan fingerprint density at radius 1 is 0.875 bits per heavy atom.